The smallest absolute Gasteiger partial charge is 0.155 e. The van der Waals surface area contributed by atoms with Crippen molar-refractivity contribution in [2.45, 2.75) is 69.1 Å². The minimum atomic E-state index is -3.05. The van der Waals surface area contributed by atoms with Crippen LogP contribution in [-0.4, -0.2) is 31.2 Å². The predicted molar refractivity (Wildman–Crippen MR) is 80.1 cm³/mol. The first-order valence-corrected chi connectivity index (χ1v) is 9.70. The highest BCUT2D eigenvalue weighted by atomic mass is 32.2. The van der Waals surface area contributed by atoms with Gasteiger partial charge in [0.1, 0.15) is 9.84 Å². The lowest BCUT2D eigenvalue weighted by Gasteiger charge is -2.39. The first kappa shape index (κ1) is 16.0. The van der Waals surface area contributed by atoms with Gasteiger partial charge in [-0.05, 0) is 38.0 Å². The lowest BCUT2D eigenvalue weighted by atomic mass is 9.69. The van der Waals surface area contributed by atoms with Crippen molar-refractivity contribution in [2.24, 2.45) is 17.6 Å². The monoisotopic (exact) mass is 301 g/mol. The topological polar surface area (TPSA) is 77.2 Å². The van der Waals surface area contributed by atoms with Crippen LogP contribution >= 0.6 is 0 Å². The molecule has 0 aromatic rings. The minimum absolute atomic E-state index is 0.123. The van der Waals surface area contributed by atoms with Gasteiger partial charge in [-0.3, -0.25) is 4.79 Å². The molecule has 20 heavy (non-hydrogen) atoms. The molecule has 2 N–H and O–H groups in total. The van der Waals surface area contributed by atoms with E-state index >= 15 is 0 Å². The summed E-state index contributed by atoms with van der Waals surface area (Å²) in [6.45, 7) is 2.15. The van der Waals surface area contributed by atoms with Crippen molar-refractivity contribution < 1.29 is 13.2 Å². The highest BCUT2D eigenvalue weighted by Crippen LogP contribution is 2.37. The van der Waals surface area contributed by atoms with Crippen molar-refractivity contribution >= 4 is 15.6 Å². The van der Waals surface area contributed by atoms with Gasteiger partial charge in [-0.1, -0.05) is 26.2 Å². The summed E-state index contributed by atoms with van der Waals surface area (Å²) in [5.41, 5.74) is 5.67. The van der Waals surface area contributed by atoms with Gasteiger partial charge >= 0.3 is 0 Å². The quantitative estimate of drug-likeness (QED) is 0.865. The third-order valence-corrected chi connectivity index (χ3v) is 6.76. The van der Waals surface area contributed by atoms with Crippen LogP contribution in [0.2, 0.25) is 0 Å². The van der Waals surface area contributed by atoms with Crippen molar-refractivity contribution in [1.29, 1.82) is 0 Å². The van der Waals surface area contributed by atoms with E-state index in [2.05, 4.69) is 6.92 Å². The Bertz CT molecular complexity index is 474. The molecule has 0 spiro atoms. The molecule has 0 heterocycles. The van der Waals surface area contributed by atoms with Crippen LogP contribution in [0, 0.1) is 11.8 Å². The first-order chi connectivity index (χ1) is 9.22. The maximum Gasteiger partial charge on any atom is 0.155 e. The Balaban J connectivity index is 2.08. The van der Waals surface area contributed by atoms with E-state index in [1.807, 2.05) is 0 Å². The summed E-state index contributed by atoms with van der Waals surface area (Å²) in [6, 6.07) is 0. The molecule has 2 fully saturated rings. The number of rotatable bonds is 3. The van der Waals surface area contributed by atoms with E-state index in [9.17, 15) is 13.2 Å². The van der Waals surface area contributed by atoms with Crippen LogP contribution in [-0.2, 0) is 14.6 Å². The molecule has 2 rings (SSSR count). The molecule has 2 aliphatic carbocycles. The molecule has 116 valence electrons. The molecule has 0 aromatic carbocycles. The summed E-state index contributed by atoms with van der Waals surface area (Å²) in [5.74, 6) is 0.461. The van der Waals surface area contributed by atoms with Gasteiger partial charge in [0.05, 0.1) is 10.8 Å². The van der Waals surface area contributed by atoms with Crippen molar-refractivity contribution in [3.63, 3.8) is 0 Å². The third-order valence-electron chi connectivity index (χ3n) is 5.13. The van der Waals surface area contributed by atoms with Crippen LogP contribution in [0.4, 0.5) is 0 Å². The second-order valence-corrected chi connectivity index (χ2v) is 9.36. The fraction of sp³-hybridized carbons (Fsp3) is 0.933. The Kier molecular flexibility index (Phi) is 4.59. The van der Waals surface area contributed by atoms with Gasteiger partial charge in [0.15, 0.2) is 5.78 Å². The summed E-state index contributed by atoms with van der Waals surface area (Å²) >= 11 is 0. The van der Waals surface area contributed by atoms with Crippen molar-refractivity contribution in [1.82, 2.24) is 0 Å². The van der Waals surface area contributed by atoms with Crippen LogP contribution in [0.15, 0.2) is 0 Å². The summed E-state index contributed by atoms with van der Waals surface area (Å²) in [7, 11) is -3.05. The van der Waals surface area contributed by atoms with Crippen LogP contribution in [0.1, 0.15) is 58.3 Å². The fourth-order valence-electron chi connectivity index (χ4n) is 3.99. The molecule has 2 aliphatic rings. The van der Waals surface area contributed by atoms with Gasteiger partial charge in [-0.15, -0.1) is 0 Å². The molecule has 0 amide bonds. The van der Waals surface area contributed by atoms with Gasteiger partial charge < -0.3 is 5.73 Å². The van der Waals surface area contributed by atoms with E-state index in [1.54, 1.807) is 0 Å². The van der Waals surface area contributed by atoms with Crippen molar-refractivity contribution in [3.05, 3.63) is 0 Å². The molecule has 0 aromatic heterocycles. The van der Waals surface area contributed by atoms with E-state index in [-0.39, 0.29) is 17.0 Å². The zero-order valence-electron chi connectivity index (χ0n) is 12.6. The van der Waals surface area contributed by atoms with Crippen LogP contribution in [0.25, 0.3) is 0 Å². The van der Waals surface area contributed by atoms with Crippen molar-refractivity contribution in [2.75, 3.05) is 6.26 Å². The zero-order valence-corrected chi connectivity index (χ0v) is 13.4. The second kappa shape index (κ2) is 5.76. The number of hydrogen-bond acceptors (Lipinski definition) is 4. The third kappa shape index (κ3) is 3.42. The average Bonchev–Trinajstić information content (AvgIpc) is 2.37. The van der Waals surface area contributed by atoms with Gasteiger partial charge in [0.2, 0.25) is 0 Å². The molecule has 0 saturated heterocycles. The van der Waals surface area contributed by atoms with Gasteiger partial charge in [0, 0.05) is 12.2 Å². The number of carbonyl (C=O) groups is 1. The number of hydrogen-bond donors (Lipinski definition) is 1. The summed E-state index contributed by atoms with van der Waals surface area (Å²) < 4.78 is 23.4. The minimum Gasteiger partial charge on any atom is -0.319 e. The molecule has 0 radical (unpaired) electrons. The Labute approximate surface area is 122 Å². The number of carbonyl (C=O) groups excluding carboxylic acids is 1. The molecular formula is C15H27NO3S. The second-order valence-electron chi connectivity index (χ2n) is 7.04. The van der Waals surface area contributed by atoms with E-state index in [0.29, 0.717) is 18.8 Å². The van der Waals surface area contributed by atoms with E-state index in [1.165, 1.54) is 6.26 Å². The van der Waals surface area contributed by atoms with E-state index in [0.717, 1.165) is 38.5 Å². The number of Topliss-reactive ketones (excluding diaryl/α,β-unsaturated/α-hetero) is 1. The lowest BCUT2D eigenvalue weighted by Crippen LogP contribution is -2.54. The molecule has 0 bridgehead atoms. The van der Waals surface area contributed by atoms with Gasteiger partial charge in [-0.2, -0.15) is 0 Å². The Morgan fingerprint density at radius 1 is 1.20 bits per heavy atom. The van der Waals surface area contributed by atoms with Gasteiger partial charge in [0.25, 0.3) is 0 Å². The Morgan fingerprint density at radius 2 is 1.90 bits per heavy atom. The molecule has 4 unspecified atom stereocenters. The number of ketones is 1. The average molecular weight is 301 g/mol. The molecule has 2 saturated carbocycles. The standard InChI is InChI=1S/C15H27NO3S/c1-11-5-4-8-15(16,10-11)14(17)12-6-3-7-13(9-12)20(2,18)19/h11-13H,3-10,16H2,1-2H3. The van der Waals surface area contributed by atoms with Crippen molar-refractivity contribution in [3.8, 4) is 0 Å². The Morgan fingerprint density at radius 3 is 2.50 bits per heavy atom. The fourth-order valence-corrected chi connectivity index (χ4v) is 5.17. The normalized spacial score (nSPS) is 39.5. The van der Waals surface area contributed by atoms with E-state index in [4.69, 9.17) is 5.73 Å². The summed E-state index contributed by atoms with van der Waals surface area (Å²) in [6.07, 6.45) is 7.74. The van der Waals surface area contributed by atoms with Crippen LogP contribution < -0.4 is 5.73 Å². The maximum absolute atomic E-state index is 12.8. The summed E-state index contributed by atoms with van der Waals surface area (Å²) in [5, 5.41) is -0.352. The highest BCUT2D eigenvalue weighted by molar-refractivity contribution is 7.91. The Hall–Kier alpha value is -0.420. The van der Waals surface area contributed by atoms with Crippen LogP contribution in [0.5, 0.6) is 0 Å². The SMILES string of the molecule is CC1CCCC(N)(C(=O)C2CCCC(S(C)(=O)=O)C2)C1. The number of sulfone groups is 1. The molecule has 4 atom stereocenters. The maximum atomic E-state index is 12.8. The zero-order chi connectivity index (χ0) is 15.0. The highest BCUT2D eigenvalue weighted by Gasteiger charge is 2.43. The molecular weight excluding hydrogens is 274 g/mol. The number of nitrogens with two attached hydrogens (primary N) is 1. The molecule has 0 aliphatic heterocycles. The molecule has 4 nitrogen and oxygen atoms in total. The largest absolute Gasteiger partial charge is 0.319 e. The lowest BCUT2D eigenvalue weighted by molar-refractivity contribution is -0.130. The molecule has 5 heteroatoms. The summed E-state index contributed by atoms with van der Waals surface area (Å²) in [4.78, 5) is 12.8. The van der Waals surface area contributed by atoms with E-state index < -0.39 is 15.4 Å². The predicted octanol–water partition coefficient (Wildman–Crippen LogP) is 2.07. The van der Waals surface area contributed by atoms with Gasteiger partial charge in [-0.25, -0.2) is 8.42 Å². The first-order valence-electron chi connectivity index (χ1n) is 7.74. The van der Waals surface area contributed by atoms with Crippen LogP contribution in [0.3, 0.4) is 0 Å².